The van der Waals surface area contributed by atoms with Crippen LogP contribution in [0.4, 0.5) is 0 Å². The second-order valence-electron chi connectivity index (χ2n) is 4.50. The van der Waals surface area contributed by atoms with Gasteiger partial charge in [-0.3, -0.25) is 0 Å². The van der Waals surface area contributed by atoms with Crippen molar-refractivity contribution in [2.24, 2.45) is 5.73 Å². The van der Waals surface area contributed by atoms with Crippen LogP contribution in [0.3, 0.4) is 0 Å². The second kappa shape index (κ2) is 7.20. The van der Waals surface area contributed by atoms with Crippen molar-refractivity contribution in [3.05, 3.63) is 0 Å². The maximum atomic E-state index is 5.99. The number of hydrogen-bond acceptors (Lipinski definition) is 3. The minimum atomic E-state index is 0.00528. The third kappa shape index (κ3) is 4.49. The Morgan fingerprint density at radius 2 is 1.73 bits per heavy atom. The molecule has 0 unspecified atom stereocenters. The highest BCUT2D eigenvalue weighted by Crippen LogP contribution is 2.30. The number of ether oxygens (including phenoxy) is 2. The Hall–Kier alpha value is -0.120. The first-order valence-corrected chi connectivity index (χ1v) is 6.16. The van der Waals surface area contributed by atoms with E-state index in [0.717, 1.165) is 38.9 Å². The quantitative estimate of drug-likeness (QED) is 0.661. The van der Waals surface area contributed by atoms with E-state index in [2.05, 4.69) is 0 Å². The zero-order valence-electron chi connectivity index (χ0n) is 9.96. The Kier molecular flexibility index (Phi) is 6.22. The van der Waals surface area contributed by atoms with Crippen LogP contribution in [-0.2, 0) is 9.47 Å². The van der Waals surface area contributed by atoms with Gasteiger partial charge in [0.05, 0.1) is 5.60 Å². The van der Waals surface area contributed by atoms with E-state index < -0.39 is 0 Å². The summed E-state index contributed by atoms with van der Waals surface area (Å²) in [7, 11) is 1.74. The molecule has 15 heavy (non-hydrogen) atoms. The monoisotopic (exact) mass is 215 g/mol. The molecule has 3 nitrogen and oxygen atoms in total. The molecule has 1 aliphatic rings. The number of methoxy groups -OCH3 is 1. The fourth-order valence-electron chi connectivity index (χ4n) is 2.24. The lowest BCUT2D eigenvalue weighted by molar-refractivity contribution is -0.0651. The summed E-state index contributed by atoms with van der Waals surface area (Å²) in [5.41, 5.74) is 5.83. The molecule has 0 aromatic heterocycles. The standard InChI is InChI=1S/C12H25NO2/c1-14-9-5-6-10-15-12(11-13)7-3-2-4-8-12/h2-11,13H2,1H3. The first-order chi connectivity index (χ1) is 7.33. The summed E-state index contributed by atoms with van der Waals surface area (Å²) in [6.07, 6.45) is 8.34. The molecule has 0 aliphatic heterocycles. The zero-order chi connectivity index (χ0) is 11.0. The number of rotatable bonds is 7. The molecule has 1 rings (SSSR count). The Labute approximate surface area is 93.3 Å². The number of nitrogens with two attached hydrogens (primary N) is 1. The van der Waals surface area contributed by atoms with Crippen LogP contribution < -0.4 is 5.73 Å². The molecule has 0 heterocycles. The highest BCUT2D eigenvalue weighted by Gasteiger charge is 2.30. The van der Waals surface area contributed by atoms with Crippen molar-refractivity contribution in [2.75, 3.05) is 26.9 Å². The first kappa shape index (κ1) is 12.9. The van der Waals surface area contributed by atoms with Crippen LogP contribution in [0.15, 0.2) is 0 Å². The topological polar surface area (TPSA) is 44.5 Å². The average molecular weight is 215 g/mol. The van der Waals surface area contributed by atoms with E-state index in [1.807, 2.05) is 0 Å². The van der Waals surface area contributed by atoms with Gasteiger partial charge in [0.1, 0.15) is 0 Å². The number of hydrogen-bond donors (Lipinski definition) is 1. The van der Waals surface area contributed by atoms with E-state index in [1.165, 1.54) is 19.3 Å². The minimum Gasteiger partial charge on any atom is -0.385 e. The predicted molar refractivity (Wildman–Crippen MR) is 61.9 cm³/mol. The Bertz CT molecular complexity index is 156. The molecule has 0 saturated heterocycles. The SMILES string of the molecule is COCCCCOC1(CN)CCCCC1. The molecule has 0 aromatic carbocycles. The van der Waals surface area contributed by atoms with Crippen LogP contribution in [0, 0.1) is 0 Å². The van der Waals surface area contributed by atoms with Gasteiger partial charge in [0.15, 0.2) is 0 Å². The van der Waals surface area contributed by atoms with Gasteiger partial charge < -0.3 is 15.2 Å². The van der Waals surface area contributed by atoms with Crippen LogP contribution in [0.2, 0.25) is 0 Å². The molecule has 2 N–H and O–H groups in total. The summed E-state index contributed by atoms with van der Waals surface area (Å²) in [6, 6.07) is 0. The lowest BCUT2D eigenvalue weighted by Gasteiger charge is -2.36. The van der Waals surface area contributed by atoms with E-state index >= 15 is 0 Å². The largest absolute Gasteiger partial charge is 0.385 e. The van der Waals surface area contributed by atoms with Crippen molar-refractivity contribution < 1.29 is 9.47 Å². The highest BCUT2D eigenvalue weighted by molar-refractivity contribution is 4.85. The summed E-state index contributed by atoms with van der Waals surface area (Å²) in [4.78, 5) is 0. The van der Waals surface area contributed by atoms with Gasteiger partial charge in [0.2, 0.25) is 0 Å². The molecule has 0 aromatic rings. The minimum absolute atomic E-state index is 0.00528. The normalized spacial score (nSPS) is 20.4. The van der Waals surface area contributed by atoms with Crippen LogP contribution in [0.25, 0.3) is 0 Å². The van der Waals surface area contributed by atoms with E-state index in [0.29, 0.717) is 6.54 Å². The summed E-state index contributed by atoms with van der Waals surface area (Å²) in [5, 5.41) is 0. The lowest BCUT2D eigenvalue weighted by Crippen LogP contribution is -2.42. The van der Waals surface area contributed by atoms with Crippen molar-refractivity contribution in [3.63, 3.8) is 0 Å². The zero-order valence-corrected chi connectivity index (χ0v) is 9.96. The number of unbranched alkanes of at least 4 members (excludes halogenated alkanes) is 1. The summed E-state index contributed by atoms with van der Waals surface area (Å²) >= 11 is 0. The van der Waals surface area contributed by atoms with E-state index in [1.54, 1.807) is 7.11 Å². The maximum Gasteiger partial charge on any atom is 0.0804 e. The molecule has 0 bridgehead atoms. The first-order valence-electron chi connectivity index (χ1n) is 6.16. The van der Waals surface area contributed by atoms with Gasteiger partial charge >= 0.3 is 0 Å². The highest BCUT2D eigenvalue weighted by atomic mass is 16.5. The third-order valence-electron chi connectivity index (χ3n) is 3.29. The van der Waals surface area contributed by atoms with E-state index in [9.17, 15) is 0 Å². The Morgan fingerprint density at radius 1 is 1.07 bits per heavy atom. The van der Waals surface area contributed by atoms with Crippen molar-refractivity contribution in [1.82, 2.24) is 0 Å². The lowest BCUT2D eigenvalue weighted by atomic mass is 9.84. The average Bonchev–Trinajstić information content (AvgIpc) is 2.30. The van der Waals surface area contributed by atoms with Crippen LogP contribution in [0.1, 0.15) is 44.9 Å². The van der Waals surface area contributed by atoms with Gasteiger partial charge in [-0.1, -0.05) is 19.3 Å². The molecule has 3 heteroatoms. The molecule has 0 radical (unpaired) electrons. The van der Waals surface area contributed by atoms with Crippen LogP contribution in [0.5, 0.6) is 0 Å². The van der Waals surface area contributed by atoms with Gasteiger partial charge in [0, 0.05) is 26.9 Å². The van der Waals surface area contributed by atoms with Crippen molar-refractivity contribution in [3.8, 4) is 0 Å². The van der Waals surface area contributed by atoms with E-state index in [-0.39, 0.29) is 5.60 Å². The van der Waals surface area contributed by atoms with Crippen molar-refractivity contribution >= 4 is 0 Å². The molecule has 0 spiro atoms. The second-order valence-corrected chi connectivity index (χ2v) is 4.50. The van der Waals surface area contributed by atoms with Crippen molar-refractivity contribution in [1.29, 1.82) is 0 Å². The fourth-order valence-corrected chi connectivity index (χ4v) is 2.24. The van der Waals surface area contributed by atoms with Crippen LogP contribution >= 0.6 is 0 Å². The summed E-state index contributed by atoms with van der Waals surface area (Å²) in [5.74, 6) is 0. The Morgan fingerprint density at radius 3 is 2.33 bits per heavy atom. The maximum absolute atomic E-state index is 5.99. The fraction of sp³-hybridized carbons (Fsp3) is 1.00. The van der Waals surface area contributed by atoms with Gasteiger partial charge in [-0.25, -0.2) is 0 Å². The Balaban J connectivity index is 2.15. The third-order valence-corrected chi connectivity index (χ3v) is 3.29. The molecule has 90 valence electrons. The van der Waals surface area contributed by atoms with Gasteiger partial charge in [-0.15, -0.1) is 0 Å². The van der Waals surface area contributed by atoms with Crippen LogP contribution in [-0.4, -0.2) is 32.5 Å². The molecule has 1 saturated carbocycles. The summed E-state index contributed by atoms with van der Waals surface area (Å²) < 4.78 is 11.0. The smallest absolute Gasteiger partial charge is 0.0804 e. The van der Waals surface area contributed by atoms with Gasteiger partial charge in [-0.2, -0.15) is 0 Å². The predicted octanol–water partition coefficient (Wildman–Crippen LogP) is 2.09. The van der Waals surface area contributed by atoms with E-state index in [4.69, 9.17) is 15.2 Å². The molecular weight excluding hydrogens is 190 g/mol. The molecule has 0 atom stereocenters. The molecular formula is C12H25NO2. The van der Waals surface area contributed by atoms with Gasteiger partial charge in [0.25, 0.3) is 0 Å². The molecule has 1 aliphatic carbocycles. The van der Waals surface area contributed by atoms with Crippen molar-refractivity contribution in [2.45, 2.75) is 50.5 Å². The summed E-state index contributed by atoms with van der Waals surface area (Å²) in [6.45, 7) is 2.34. The molecule has 0 amide bonds. The molecule has 1 fully saturated rings. The van der Waals surface area contributed by atoms with Gasteiger partial charge in [-0.05, 0) is 25.7 Å².